The van der Waals surface area contributed by atoms with Gasteiger partial charge in [-0.2, -0.15) is 0 Å². The lowest BCUT2D eigenvalue weighted by atomic mass is 9.86. The Morgan fingerprint density at radius 1 is 1.24 bits per heavy atom. The first-order valence-corrected chi connectivity index (χ1v) is 7.26. The van der Waals surface area contributed by atoms with Crippen molar-refractivity contribution in [1.29, 1.82) is 0 Å². The van der Waals surface area contributed by atoms with Crippen molar-refractivity contribution >= 4 is 0 Å². The van der Waals surface area contributed by atoms with Crippen LogP contribution in [-0.4, -0.2) is 37.1 Å². The Hall–Kier alpha value is -0.0800. The first-order chi connectivity index (χ1) is 7.80. The van der Waals surface area contributed by atoms with Crippen molar-refractivity contribution in [3.8, 4) is 0 Å². The summed E-state index contributed by atoms with van der Waals surface area (Å²) in [7, 11) is 0. The molecule has 102 valence electrons. The Labute approximate surface area is 108 Å². The predicted octanol–water partition coefficient (Wildman–Crippen LogP) is 2.99. The second-order valence-electron chi connectivity index (χ2n) is 7.18. The molecular formula is C15H32N2. The molecule has 0 aromatic rings. The standard InChI is InChI=1S/C15H32N2/c1-12(2)16-10-15(5,6)11-17-8-7-13(3)14(4)9-17/h12-14,16H,7-11H2,1-6H3. The second-order valence-corrected chi connectivity index (χ2v) is 7.18. The van der Waals surface area contributed by atoms with Crippen LogP contribution in [0, 0.1) is 17.3 Å². The normalized spacial score (nSPS) is 27.7. The van der Waals surface area contributed by atoms with Crippen LogP contribution in [0.25, 0.3) is 0 Å². The molecule has 0 saturated carbocycles. The number of hydrogen-bond donors (Lipinski definition) is 1. The lowest BCUT2D eigenvalue weighted by Crippen LogP contribution is -2.46. The summed E-state index contributed by atoms with van der Waals surface area (Å²) >= 11 is 0. The largest absolute Gasteiger partial charge is 0.314 e. The summed E-state index contributed by atoms with van der Waals surface area (Å²) in [4.78, 5) is 2.66. The number of nitrogens with zero attached hydrogens (tertiary/aromatic N) is 1. The van der Waals surface area contributed by atoms with Crippen LogP contribution in [0.1, 0.15) is 48.0 Å². The highest BCUT2D eigenvalue weighted by Crippen LogP contribution is 2.25. The van der Waals surface area contributed by atoms with Gasteiger partial charge >= 0.3 is 0 Å². The van der Waals surface area contributed by atoms with Crippen LogP contribution >= 0.6 is 0 Å². The summed E-state index contributed by atoms with van der Waals surface area (Å²) in [6.45, 7) is 18.9. The second kappa shape index (κ2) is 6.19. The van der Waals surface area contributed by atoms with E-state index < -0.39 is 0 Å². The third kappa shape index (κ3) is 5.39. The van der Waals surface area contributed by atoms with E-state index in [2.05, 4.69) is 51.8 Å². The highest BCUT2D eigenvalue weighted by Gasteiger charge is 2.27. The number of piperidine rings is 1. The molecule has 1 aliphatic rings. The van der Waals surface area contributed by atoms with Gasteiger partial charge in [0, 0.05) is 25.7 Å². The number of hydrogen-bond acceptors (Lipinski definition) is 2. The van der Waals surface area contributed by atoms with E-state index in [1.54, 1.807) is 0 Å². The Bertz CT molecular complexity index is 223. The summed E-state index contributed by atoms with van der Waals surface area (Å²) < 4.78 is 0. The minimum absolute atomic E-state index is 0.380. The van der Waals surface area contributed by atoms with E-state index in [0.29, 0.717) is 11.5 Å². The van der Waals surface area contributed by atoms with Crippen molar-refractivity contribution in [1.82, 2.24) is 10.2 Å². The van der Waals surface area contributed by atoms with E-state index in [0.717, 1.165) is 18.4 Å². The highest BCUT2D eigenvalue weighted by molar-refractivity contribution is 4.82. The van der Waals surface area contributed by atoms with Gasteiger partial charge in [-0.05, 0) is 30.2 Å². The van der Waals surface area contributed by atoms with Crippen LogP contribution in [0.2, 0.25) is 0 Å². The molecule has 0 radical (unpaired) electrons. The van der Waals surface area contributed by atoms with Crippen LogP contribution in [0.5, 0.6) is 0 Å². The Balaban J connectivity index is 2.36. The fourth-order valence-electron chi connectivity index (χ4n) is 2.63. The molecule has 0 bridgehead atoms. The summed E-state index contributed by atoms with van der Waals surface area (Å²) in [6.07, 6.45) is 1.37. The van der Waals surface area contributed by atoms with Crippen LogP contribution in [0.3, 0.4) is 0 Å². The molecule has 1 N–H and O–H groups in total. The summed E-state index contributed by atoms with van der Waals surface area (Å²) in [5.41, 5.74) is 0.380. The van der Waals surface area contributed by atoms with Crippen molar-refractivity contribution < 1.29 is 0 Å². The average Bonchev–Trinajstić information content (AvgIpc) is 2.21. The Morgan fingerprint density at radius 3 is 2.41 bits per heavy atom. The van der Waals surface area contributed by atoms with Crippen molar-refractivity contribution in [2.45, 2.75) is 54.0 Å². The molecule has 0 aliphatic carbocycles. The van der Waals surface area contributed by atoms with E-state index in [4.69, 9.17) is 0 Å². The SMILES string of the molecule is CC(C)NCC(C)(C)CN1CCC(C)C(C)C1. The number of likely N-dealkylation sites (tertiary alicyclic amines) is 1. The Morgan fingerprint density at radius 2 is 1.88 bits per heavy atom. The maximum absolute atomic E-state index is 3.57. The monoisotopic (exact) mass is 240 g/mol. The zero-order valence-electron chi connectivity index (χ0n) is 12.7. The first kappa shape index (κ1) is 15.0. The van der Waals surface area contributed by atoms with Crippen molar-refractivity contribution in [2.75, 3.05) is 26.2 Å². The molecule has 0 spiro atoms. The van der Waals surface area contributed by atoms with Gasteiger partial charge in [-0.3, -0.25) is 0 Å². The van der Waals surface area contributed by atoms with Crippen LogP contribution < -0.4 is 5.32 Å². The van der Waals surface area contributed by atoms with Gasteiger partial charge in [0.2, 0.25) is 0 Å². The molecule has 1 saturated heterocycles. The molecule has 1 aliphatic heterocycles. The minimum Gasteiger partial charge on any atom is -0.314 e. The lowest BCUT2D eigenvalue weighted by molar-refractivity contribution is 0.0952. The molecule has 1 fully saturated rings. The van der Waals surface area contributed by atoms with E-state index in [1.165, 1.54) is 26.1 Å². The minimum atomic E-state index is 0.380. The van der Waals surface area contributed by atoms with E-state index >= 15 is 0 Å². The maximum atomic E-state index is 3.57. The third-order valence-electron chi connectivity index (χ3n) is 4.06. The van der Waals surface area contributed by atoms with Gasteiger partial charge in [0.25, 0.3) is 0 Å². The quantitative estimate of drug-likeness (QED) is 0.795. The molecule has 17 heavy (non-hydrogen) atoms. The van der Waals surface area contributed by atoms with Gasteiger partial charge in [-0.15, -0.1) is 0 Å². The zero-order valence-corrected chi connectivity index (χ0v) is 12.7. The van der Waals surface area contributed by atoms with Crippen LogP contribution in [0.15, 0.2) is 0 Å². The molecule has 0 amide bonds. The van der Waals surface area contributed by atoms with E-state index in [-0.39, 0.29) is 0 Å². The zero-order chi connectivity index (χ0) is 13.1. The molecule has 2 unspecified atom stereocenters. The molecule has 0 aromatic heterocycles. The van der Waals surface area contributed by atoms with Crippen LogP contribution in [-0.2, 0) is 0 Å². The molecule has 2 heteroatoms. The number of rotatable bonds is 5. The number of nitrogens with one attached hydrogen (secondary N) is 1. The average molecular weight is 240 g/mol. The third-order valence-corrected chi connectivity index (χ3v) is 4.06. The molecular weight excluding hydrogens is 208 g/mol. The molecule has 0 aromatic carbocycles. The van der Waals surface area contributed by atoms with Gasteiger partial charge in [0.1, 0.15) is 0 Å². The van der Waals surface area contributed by atoms with Gasteiger partial charge in [-0.1, -0.05) is 41.5 Å². The molecule has 1 rings (SSSR count). The fraction of sp³-hybridized carbons (Fsp3) is 1.00. The van der Waals surface area contributed by atoms with Gasteiger partial charge in [-0.25, -0.2) is 0 Å². The lowest BCUT2D eigenvalue weighted by Gasteiger charge is -2.40. The summed E-state index contributed by atoms with van der Waals surface area (Å²) in [5, 5.41) is 3.57. The van der Waals surface area contributed by atoms with Crippen molar-refractivity contribution in [3.63, 3.8) is 0 Å². The summed E-state index contributed by atoms with van der Waals surface area (Å²) in [6, 6.07) is 0.592. The van der Waals surface area contributed by atoms with Crippen molar-refractivity contribution in [2.24, 2.45) is 17.3 Å². The van der Waals surface area contributed by atoms with Crippen LogP contribution in [0.4, 0.5) is 0 Å². The van der Waals surface area contributed by atoms with Gasteiger partial charge in [0.05, 0.1) is 0 Å². The predicted molar refractivity (Wildman–Crippen MR) is 76.3 cm³/mol. The van der Waals surface area contributed by atoms with Gasteiger partial charge < -0.3 is 10.2 Å². The molecule has 2 nitrogen and oxygen atoms in total. The highest BCUT2D eigenvalue weighted by atomic mass is 15.1. The van der Waals surface area contributed by atoms with Gasteiger partial charge in [0.15, 0.2) is 0 Å². The molecule has 1 heterocycles. The topological polar surface area (TPSA) is 15.3 Å². The smallest absolute Gasteiger partial charge is 0.00449 e. The van der Waals surface area contributed by atoms with E-state index in [1.807, 2.05) is 0 Å². The molecule has 2 atom stereocenters. The maximum Gasteiger partial charge on any atom is 0.00449 e. The fourth-order valence-corrected chi connectivity index (χ4v) is 2.63. The van der Waals surface area contributed by atoms with Crippen molar-refractivity contribution in [3.05, 3.63) is 0 Å². The first-order valence-electron chi connectivity index (χ1n) is 7.26. The Kier molecular flexibility index (Phi) is 5.46. The summed E-state index contributed by atoms with van der Waals surface area (Å²) in [5.74, 6) is 1.76. The van der Waals surface area contributed by atoms with E-state index in [9.17, 15) is 0 Å².